The number of ether oxygens (including phenoxy) is 1. The van der Waals surface area contributed by atoms with Crippen molar-refractivity contribution < 1.29 is 4.74 Å². The summed E-state index contributed by atoms with van der Waals surface area (Å²) in [6.45, 7) is 0. The molecule has 0 saturated carbocycles. The lowest BCUT2D eigenvalue weighted by Crippen LogP contribution is -2.43. The largest absolute Gasteiger partial charge is 0.497 e. The van der Waals surface area contributed by atoms with E-state index in [1.807, 2.05) is 60.9 Å². The Labute approximate surface area is 193 Å². The predicted octanol–water partition coefficient (Wildman–Crippen LogP) is 5.95. The maximum absolute atomic E-state index is 5.35. The Morgan fingerprint density at radius 3 is 2.38 bits per heavy atom. The Morgan fingerprint density at radius 2 is 1.66 bits per heavy atom. The number of methoxy groups -OCH3 is 1. The summed E-state index contributed by atoms with van der Waals surface area (Å²) >= 11 is 0. The molecule has 2 heterocycles. The Kier molecular flexibility index (Phi) is 6.10. The summed E-state index contributed by atoms with van der Waals surface area (Å²) in [4.78, 5) is 9.19. The summed E-state index contributed by atoms with van der Waals surface area (Å²) in [5, 5.41) is 7.15. The zero-order valence-electron chi connectivity index (χ0n) is 17.5. The normalized spacial score (nSPS) is 16.3. The lowest BCUT2D eigenvalue weighted by atomic mass is 10.0. The first-order valence-electron chi connectivity index (χ1n) is 10.1. The van der Waals surface area contributed by atoms with Crippen molar-refractivity contribution >= 4 is 30.0 Å². The average molecular weight is 443 g/mol. The van der Waals surface area contributed by atoms with Crippen molar-refractivity contribution in [3.8, 4) is 16.9 Å². The molecule has 0 amide bonds. The van der Waals surface area contributed by atoms with Gasteiger partial charge in [0.05, 0.1) is 7.11 Å². The van der Waals surface area contributed by atoms with E-state index in [2.05, 4.69) is 52.0 Å². The first-order valence-corrected chi connectivity index (χ1v) is 10.1. The maximum Gasteiger partial charge on any atom is 0.234 e. The molecule has 1 atom stereocenters. The van der Waals surface area contributed by atoms with Gasteiger partial charge in [-0.05, 0) is 53.6 Å². The van der Waals surface area contributed by atoms with Crippen LogP contribution in [0.4, 0.5) is 11.4 Å². The molecule has 0 fully saturated rings. The van der Waals surface area contributed by atoms with Crippen molar-refractivity contribution in [2.75, 3.05) is 17.7 Å². The van der Waals surface area contributed by atoms with Crippen LogP contribution in [0.15, 0.2) is 102 Å². The smallest absolute Gasteiger partial charge is 0.234 e. The number of hydrogen-bond acceptors (Lipinski definition) is 5. The number of nitrogens with one attached hydrogen (secondary N) is 2. The minimum absolute atomic E-state index is 0. The molecule has 2 N–H and O–H groups in total. The summed E-state index contributed by atoms with van der Waals surface area (Å²) in [5.41, 5.74) is 6.16. The van der Waals surface area contributed by atoms with Crippen LogP contribution in [-0.2, 0) is 5.79 Å². The van der Waals surface area contributed by atoms with Crippen LogP contribution in [0, 0.1) is 0 Å². The summed E-state index contributed by atoms with van der Waals surface area (Å²) in [6, 6.07) is 28.5. The van der Waals surface area contributed by atoms with Crippen LogP contribution in [0.2, 0.25) is 0 Å². The molecule has 0 spiro atoms. The molecular weight excluding hydrogens is 420 g/mol. The van der Waals surface area contributed by atoms with Gasteiger partial charge >= 0.3 is 0 Å². The zero-order chi connectivity index (χ0) is 21.1. The Balaban J connectivity index is 0.00000245. The number of fused-ring (bicyclic) bond motifs is 1. The van der Waals surface area contributed by atoms with E-state index >= 15 is 0 Å². The Bertz CT molecular complexity index is 1210. The van der Waals surface area contributed by atoms with Gasteiger partial charge in [-0.3, -0.25) is 4.98 Å². The molecule has 1 aromatic heterocycles. The molecule has 1 aliphatic rings. The van der Waals surface area contributed by atoms with E-state index < -0.39 is 5.79 Å². The van der Waals surface area contributed by atoms with Gasteiger partial charge in [0.1, 0.15) is 5.75 Å². The van der Waals surface area contributed by atoms with Crippen LogP contribution in [0.1, 0.15) is 11.1 Å². The van der Waals surface area contributed by atoms with E-state index in [9.17, 15) is 0 Å². The molecule has 5 rings (SSSR count). The van der Waals surface area contributed by atoms with Crippen LogP contribution in [0.3, 0.4) is 0 Å². The van der Waals surface area contributed by atoms with Gasteiger partial charge in [0.15, 0.2) is 0 Å². The fraction of sp³-hybridized carbons (Fsp3) is 0.0769. The molecule has 160 valence electrons. The third-order valence-corrected chi connectivity index (χ3v) is 5.37. The van der Waals surface area contributed by atoms with Crippen molar-refractivity contribution in [3.05, 3.63) is 108 Å². The molecule has 1 aliphatic heterocycles. The molecular formula is C26H23ClN4O. The van der Waals surface area contributed by atoms with E-state index in [1.54, 1.807) is 13.3 Å². The SMILES string of the molecule is COc1ccc2c(c1)C=NC(Nc1ccc(-c3ccccc3)cc1)(c1cccnc1)N2.Cl. The fourth-order valence-corrected chi connectivity index (χ4v) is 3.73. The van der Waals surface area contributed by atoms with Crippen LogP contribution < -0.4 is 15.4 Å². The number of pyridine rings is 1. The highest BCUT2D eigenvalue weighted by Crippen LogP contribution is 2.35. The molecule has 6 heteroatoms. The van der Waals surface area contributed by atoms with Gasteiger partial charge in [0.25, 0.3) is 0 Å². The van der Waals surface area contributed by atoms with Crippen LogP contribution >= 0.6 is 12.4 Å². The summed E-state index contributed by atoms with van der Waals surface area (Å²) in [5.74, 6) is -0.0743. The van der Waals surface area contributed by atoms with Crippen molar-refractivity contribution in [1.29, 1.82) is 0 Å². The quantitative estimate of drug-likeness (QED) is 0.401. The standard InChI is InChI=1S/C26H22N4O.ClH/c1-31-24-13-14-25-21(16-24)17-28-26(30-25,22-8-5-15-27-18-22)29-23-11-9-20(10-12-23)19-6-3-2-4-7-19;/h2-18,29-30H,1H3;1H. The van der Waals surface area contributed by atoms with E-state index in [-0.39, 0.29) is 12.4 Å². The first-order chi connectivity index (χ1) is 15.3. The van der Waals surface area contributed by atoms with Crippen molar-refractivity contribution in [2.45, 2.75) is 5.79 Å². The van der Waals surface area contributed by atoms with Crippen LogP contribution in [0.25, 0.3) is 11.1 Å². The number of nitrogens with zero attached hydrogens (tertiary/aromatic N) is 2. The van der Waals surface area contributed by atoms with Gasteiger partial charge in [-0.25, -0.2) is 4.99 Å². The van der Waals surface area contributed by atoms with Gasteiger partial charge in [0.2, 0.25) is 5.79 Å². The molecule has 4 aromatic rings. The number of halogens is 1. The van der Waals surface area contributed by atoms with Gasteiger partial charge in [-0.2, -0.15) is 0 Å². The molecule has 0 saturated heterocycles. The molecule has 0 bridgehead atoms. The number of rotatable bonds is 5. The highest BCUT2D eigenvalue weighted by Gasteiger charge is 2.34. The monoisotopic (exact) mass is 442 g/mol. The Hall–Kier alpha value is -3.83. The van der Waals surface area contributed by atoms with Crippen LogP contribution in [-0.4, -0.2) is 18.3 Å². The first kappa shape index (κ1) is 21.4. The molecule has 0 aliphatic carbocycles. The molecule has 32 heavy (non-hydrogen) atoms. The second-order valence-electron chi connectivity index (χ2n) is 7.36. The van der Waals surface area contributed by atoms with Crippen molar-refractivity contribution in [2.24, 2.45) is 4.99 Å². The van der Waals surface area contributed by atoms with Crippen molar-refractivity contribution in [3.63, 3.8) is 0 Å². The number of aromatic nitrogens is 1. The number of hydrogen-bond donors (Lipinski definition) is 2. The molecule has 1 unspecified atom stereocenters. The zero-order valence-corrected chi connectivity index (χ0v) is 18.3. The van der Waals surface area contributed by atoms with Gasteiger partial charge in [-0.1, -0.05) is 42.5 Å². The third kappa shape index (κ3) is 4.15. The number of aliphatic imine (C=N–C) groups is 1. The van der Waals surface area contributed by atoms with Crippen LogP contribution in [0.5, 0.6) is 5.75 Å². The molecule has 5 nitrogen and oxygen atoms in total. The van der Waals surface area contributed by atoms with E-state index in [4.69, 9.17) is 9.73 Å². The fourth-order valence-electron chi connectivity index (χ4n) is 3.73. The maximum atomic E-state index is 5.35. The second kappa shape index (κ2) is 9.12. The van der Waals surface area contributed by atoms with Gasteiger partial charge in [-0.15, -0.1) is 12.4 Å². The third-order valence-electron chi connectivity index (χ3n) is 5.37. The average Bonchev–Trinajstić information content (AvgIpc) is 2.85. The summed E-state index contributed by atoms with van der Waals surface area (Å²) < 4.78 is 5.35. The van der Waals surface area contributed by atoms with E-state index in [0.717, 1.165) is 28.3 Å². The minimum Gasteiger partial charge on any atom is -0.497 e. The van der Waals surface area contributed by atoms with Gasteiger partial charge < -0.3 is 15.4 Å². The Morgan fingerprint density at radius 1 is 0.875 bits per heavy atom. The lowest BCUT2D eigenvalue weighted by molar-refractivity contribution is 0.414. The molecule has 0 radical (unpaired) electrons. The second-order valence-corrected chi connectivity index (χ2v) is 7.36. The number of benzene rings is 3. The van der Waals surface area contributed by atoms with Gasteiger partial charge in [0, 0.05) is 41.1 Å². The molecule has 3 aromatic carbocycles. The topological polar surface area (TPSA) is 58.5 Å². The highest BCUT2D eigenvalue weighted by molar-refractivity contribution is 5.91. The van der Waals surface area contributed by atoms with E-state index in [1.165, 1.54) is 11.1 Å². The highest BCUT2D eigenvalue weighted by atomic mass is 35.5. The summed E-state index contributed by atoms with van der Waals surface area (Å²) in [6.07, 6.45) is 5.45. The lowest BCUT2D eigenvalue weighted by Gasteiger charge is -2.36. The minimum atomic E-state index is -0.871. The summed E-state index contributed by atoms with van der Waals surface area (Å²) in [7, 11) is 1.66. The number of anilines is 2. The van der Waals surface area contributed by atoms with E-state index in [0.29, 0.717) is 0 Å². The predicted molar refractivity (Wildman–Crippen MR) is 133 cm³/mol. The van der Waals surface area contributed by atoms with Crippen molar-refractivity contribution in [1.82, 2.24) is 4.98 Å².